The fourth-order valence-corrected chi connectivity index (χ4v) is 1.81. The van der Waals surface area contributed by atoms with Gasteiger partial charge in [-0.05, 0) is 47.1 Å². The Kier molecular flexibility index (Phi) is 4.19. The summed E-state index contributed by atoms with van der Waals surface area (Å²) in [7, 11) is 1.97. The summed E-state index contributed by atoms with van der Waals surface area (Å²) in [6.07, 6.45) is 0.941. The van der Waals surface area contributed by atoms with Crippen molar-refractivity contribution in [2.45, 2.75) is 45.8 Å². The minimum absolute atomic E-state index is 0.180. The molecule has 16 heavy (non-hydrogen) atoms. The van der Waals surface area contributed by atoms with Crippen LogP contribution in [0.15, 0.2) is 0 Å². The summed E-state index contributed by atoms with van der Waals surface area (Å²) in [5, 5.41) is 3.21. The molecular formula is C12H24N2O2. The molecule has 1 rings (SSSR count). The Balaban J connectivity index is 2.23. The fourth-order valence-electron chi connectivity index (χ4n) is 1.81. The third-order valence-electron chi connectivity index (χ3n) is 2.79. The van der Waals surface area contributed by atoms with E-state index in [0.29, 0.717) is 12.0 Å². The largest absolute Gasteiger partial charge is 0.444 e. The third-order valence-corrected chi connectivity index (χ3v) is 2.79. The lowest BCUT2D eigenvalue weighted by molar-refractivity contribution is -0.00318. The van der Waals surface area contributed by atoms with Gasteiger partial charge in [-0.2, -0.15) is 0 Å². The number of ether oxygens (including phenoxy) is 1. The molecule has 1 N–H and O–H groups in total. The molecule has 0 saturated carbocycles. The quantitative estimate of drug-likeness (QED) is 0.801. The average molecular weight is 228 g/mol. The summed E-state index contributed by atoms with van der Waals surface area (Å²) in [6, 6.07) is 0.519. The van der Waals surface area contributed by atoms with Crippen molar-refractivity contribution in [2.24, 2.45) is 5.92 Å². The van der Waals surface area contributed by atoms with Gasteiger partial charge >= 0.3 is 6.09 Å². The van der Waals surface area contributed by atoms with Crippen molar-refractivity contribution in [3.05, 3.63) is 0 Å². The highest BCUT2D eigenvalue weighted by molar-refractivity contribution is 5.69. The first-order valence-electron chi connectivity index (χ1n) is 5.97. The van der Waals surface area contributed by atoms with Crippen LogP contribution < -0.4 is 5.32 Å². The van der Waals surface area contributed by atoms with Crippen molar-refractivity contribution >= 4 is 6.09 Å². The van der Waals surface area contributed by atoms with Crippen LogP contribution >= 0.6 is 0 Å². The second-order valence-corrected chi connectivity index (χ2v) is 5.68. The van der Waals surface area contributed by atoms with E-state index in [-0.39, 0.29) is 11.7 Å². The number of hydrogen-bond donors (Lipinski definition) is 1. The second-order valence-electron chi connectivity index (χ2n) is 5.68. The SMILES string of the molecule is CNC(C)CC1CN(C(=O)OC(C)(C)C)C1. The van der Waals surface area contributed by atoms with Gasteiger partial charge in [-0.25, -0.2) is 4.79 Å². The molecule has 0 aromatic heterocycles. The summed E-state index contributed by atoms with van der Waals surface area (Å²) in [5.41, 5.74) is -0.388. The molecule has 0 aliphatic carbocycles. The molecule has 0 aromatic rings. The van der Waals surface area contributed by atoms with E-state index in [2.05, 4.69) is 12.2 Å². The summed E-state index contributed by atoms with van der Waals surface area (Å²) in [4.78, 5) is 13.4. The highest BCUT2D eigenvalue weighted by Gasteiger charge is 2.33. The Labute approximate surface area is 98.3 Å². The van der Waals surface area contributed by atoms with Gasteiger partial charge in [0.25, 0.3) is 0 Å². The number of hydrogen-bond acceptors (Lipinski definition) is 3. The Morgan fingerprint density at radius 2 is 2.06 bits per heavy atom. The molecular weight excluding hydrogens is 204 g/mol. The van der Waals surface area contributed by atoms with Gasteiger partial charge in [0.1, 0.15) is 5.60 Å². The van der Waals surface area contributed by atoms with Gasteiger partial charge in [-0.3, -0.25) is 0 Å². The van der Waals surface area contributed by atoms with E-state index >= 15 is 0 Å². The number of carbonyl (C=O) groups is 1. The van der Waals surface area contributed by atoms with Crippen LogP contribution in [0.1, 0.15) is 34.1 Å². The molecule has 1 aliphatic heterocycles. The third kappa shape index (κ3) is 4.00. The van der Waals surface area contributed by atoms with Crippen LogP contribution in [0.3, 0.4) is 0 Å². The maximum absolute atomic E-state index is 11.6. The predicted octanol–water partition coefficient (Wildman–Crippen LogP) is 1.85. The number of nitrogens with one attached hydrogen (secondary N) is 1. The number of carbonyl (C=O) groups excluding carboxylic acids is 1. The highest BCUT2D eigenvalue weighted by Crippen LogP contribution is 2.22. The molecule has 4 nitrogen and oxygen atoms in total. The van der Waals surface area contributed by atoms with Crippen molar-refractivity contribution in [3.8, 4) is 0 Å². The van der Waals surface area contributed by atoms with E-state index in [9.17, 15) is 4.79 Å². The monoisotopic (exact) mass is 228 g/mol. The van der Waals surface area contributed by atoms with Crippen molar-refractivity contribution < 1.29 is 9.53 Å². The van der Waals surface area contributed by atoms with E-state index in [1.807, 2.05) is 27.8 Å². The van der Waals surface area contributed by atoms with Crippen LogP contribution in [0.4, 0.5) is 4.79 Å². The molecule has 1 aliphatic rings. The van der Waals surface area contributed by atoms with Gasteiger partial charge in [0.15, 0.2) is 0 Å². The fraction of sp³-hybridized carbons (Fsp3) is 0.917. The lowest BCUT2D eigenvalue weighted by Crippen LogP contribution is -2.52. The van der Waals surface area contributed by atoms with Crippen LogP contribution in [0.5, 0.6) is 0 Å². The van der Waals surface area contributed by atoms with Gasteiger partial charge in [-0.1, -0.05) is 0 Å². The highest BCUT2D eigenvalue weighted by atomic mass is 16.6. The van der Waals surface area contributed by atoms with Gasteiger partial charge in [0, 0.05) is 19.1 Å². The van der Waals surface area contributed by atoms with Crippen molar-refractivity contribution in [3.63, 3.8) is 0 Å². The molecule has 1 unspecified atom stereocenters. The summed E-state index contributed by atoms with van der Waals surface area (Å²) in [5.74, 6) is 0.620. The van der Waals surface area contributed by atoms with Crippen LogP contribution in [-0.2, 0) is 4.74 Å². The molecule has 94 valence electrons. The minimum atomic E-state index is -0.388. The topological polar surface area (TPSA) is 41.6 Å². The van der Waals surface area contributed by atoms with Crippen molar-refractivity contribution in [1.29, 1.82) is 0 Å². The summed E-state index contributed by atoms with van der Waals surface area (Å²) >= 11 is 0. The molecule has 1 amide bonds. The molecule has 0 spiro atoms. The van der Waals surface area contributed by atoms with E-state index in [0.717, 1.165) is 19.5 Å². The van der Waals surface area contributed by atoms with Crippen molar-refractivity contribution in [2.75, 3.05) is 20.1 Å². The van der Waals surface area contributed by atoms with Gasteiger partial charge < -0.3 is 15.0 Å². The van der Waals surface area contributed by atoms with Gasteiger partial charge in [0.05, 0.1) is 0 Å². The second kappa shape index (κ2) is 5.04. The number of nitrogens with zero attached hydrogens (tertiary/aromatic N) is 1. The zero-order chi connectivity index (χ0) is 12.3. The Morgan fingerprint density at radius 1 is 1.50 bits per heavy atom. The first kappa shape index (κ1) is 13.3. The van der Waals surface area contributed by atoms with Gasteiger partial charge in [0.2, 0.25) is 0 Å². The average Bonchev–Trinajstić information content (AvgIpc) is 2.06. The number of amides is 1. The number of rotatable bonds is 3. The standard InChI is InChI=1S/C12H24N2O2/c1-9(13-5)6-10-7-14(8-10)11(15)16-12(2,3)4/h9-10,13H,6-8H2,1-5H3. The lowest BCUT2D eigenvalue weighted by Gasteiger charge is -2.40. The van der Waals surface area contributed by atoms with Crippen LogP contribution in [0.2, 0.25) is 0 Å². The first-order chi connectivity index (χ1) is 7.31. The maximum Gasteiger partial charge on any atom is 0.410 e. The van der Waals surface area contributed by atoms with Crippen LogP contribution in [0, 0.1) is 5.92 Å². The summed E-state index contributed by atoms with van der Waals surface area (Å²) < 4.78 is 5.29. The maximum atomic E-state index is 11.6. The first-order valence-corrected chi connectivity index (χ1v) is 5.97. The smallest absolute Gasteiger partial charge is 0.410 e. The predicted molar refractivity (Wildman–Crippen MR) is 64.4 cm³/mol. The molecule has 4 heteroatoms. The van der Waals surface area contributed by atoms with E-state index in [4.69, 9.17) is 4.74 Å². The van der Waals surface area contributed by atoms with Crippen LogP contribution in [0.25, 0.3) is 0 Å². The molecule has 1 atom stereocenters. The molecule has 0 radical (unpaired) electrons. The molecule has 0 bridgehead atoms. The van der Waals surface area contributed by atoms with Crippen LogP contribution in [-0.4, -0.2) is 42.8 Å². The minimum Gasteiger partial charge on any atom is -0.444 e. The van der Waals surface area contributed by atoms with Gasteiger partial charge in [-0.15, -0.1) is 0 Å². The van der Waals surface area contributed by atoms with E-state index in [1.54, 1.807) is 4.90 Å². The molecule has 1 saturated heterocycles. The number of likely N-dealkylation sites (tertiary alicyclic amines) is 1. The normalized spacial score (nSPS) is 19.2. The lowest BCUT2D eigenvalue weighted by atomic mass is 9.93. The van der Waals surface area contributed by atoms with E-state index < -0.39 is 0 Å². The zero-order valence-electron chi connectivity index (χ0n) is 11.0. The Hall–Kier alpha value is -0.770. The van der Waals surface area contributed by atoms with E-state index in [1.165, 1.54) is 0 Å². The molecule has 1 heterocycles. The molecule has 1 fully saturated rings. The van der Waals surface area contributed by atoms with Crippen molar-refractivity contribution in [1.82, 2.24) is 10.2 Å². The Morgan fingerprint density at radius 3 is 2.50 bits per heavy atom. The zero-order valence-corrected chi connectivity index (χ0v) is 11.0. The Bertz CT molecular complexity index is 242. The molecule has 0 aromatic carbocycles. The summed E-state index contributed by atoms with van der Waals surface area (Å²) in [6.45, 7) is 9.51.